The Morgan fingerprint density at radius 2 is 1.88 bits per heavy atom. The summed E-state index contributed by atoms with van der Waals surface area (Å²) in [5.74, 6) is -0.980. The Balaban J connectivity index is 1.42. The lowest BCUT2D eigenvalue weighted by atomic mass is 9.98. The zero-order valence-corrected chi connectivity index (χ0v) is 25.4. The van der Waals surface area contributed by atoms with Crippen LogP contribution >= 0.6 is 23.2 Å². The van der Waals surface area contributed by atoms with Gasteiger partial charge >= 0.3 is 0 Å². The third-order valence-electron chi connectivity index (χ3n) is 7.39. The highest BCUT2D eigenvalue weighted by atomic mass is 35.5. The van der Waals surface area contributed by atoms with Gasteiger partial charge in [0.15, 0.2) is 6.61 Å². The molecule has 10 nitrogen and oxygen atoms in total. The van der Waals surface area contributed by atoms with Crippen molar-refractivity contribution in [3.63, 3.8) is 0 Å². The number of carbonyl (C=O) groups excluding carboxylic acids is 2. The molecule has 0 aliphatic carbocycles. The molecule has 2 unspecified atom stereocenters. The van der Waals surface area contributed by atoms with E-state index in [4.69, 9.17) is 32.7 Å². The zero-order valence-electron chi connectivity index (χ0n) is 23.1. The number of nitrogens with zero attached hydrogens (tertiary/aromatic N) is 3. The van der Waals surface area contributed by atoms with Crippen LogP contribution in [0.25, 0.3) is 11.1 Å². The Hall–Kier alpha value is -3.26. The number of anilines is 2. The maximum Gasteiger partial charge on any atom is 0.265 e. The van der Waals surface area contributed by atoms with Gasteiger partial charge in [0.2, 0.25) is 5.91 Å². The smallest absolute Gasteiger partial charge is 0.265 e. The summed E-state index contributed by atoms with van der Waals surface area (Å²) in [5.41, 5.74) is 1.95. The highest BCUT2D eigenvalue weighted by molar-refractivity contribution is 7.80. The second kappa shape index (κ2) is 13.6. The van der Waals surface area contributed by atoms with Gasteiger partial charge in [0.25, 0.3) is 5.91 Å². The second-order valence-corrected chi connectivity index (χ2v) is 11.6. The van der Waals surface area contributed by atoms with Crippen LogP contribution in [-0.4, -0.2) is 83.4 Å². The van der Waals surface area contributed by atoms with Crippen molar-refractivity contribution >= 4 is 57.7 Å². The van der Waals surface area contributed by atoms with E-state index < -0.39 is 29.0 Å². The van der Waals surface area contributed by atoms with Crippen LogP contribution in [0, 0.1) is 5.82 Å². The van der Waals surface area contributed by atoms with E-state index in [1.807, 2.05) is 0 Å². The summed E-state index contributed by atoms with van der Waals surface area (Å²) >= 11 is 9.79. The van der Waals surface area contributed by atoms with E-state index in [1.54, 1.807) is 37.4 Å². The molecule has 1 N–H and O–H groups in total. The number of rotatable bonds is 9. The summed E-state index contributed by atoms with van der Waals surface area (Å²) in [6.45, 7) is 2.24. The first kappa shape index (κ1) is 31.2. The summed E-state index contributed by atoms with van der Waals surface area (Å²) < 4.78 is 51.0. The number of hydrogen-bond donors (Lipinski definition) is 1. The fraction of sp³-hybridized carbons (Fsp3) is 0.310. The van der Waals surface area contributed by atoms with Crippen LogP contribution < -0.4 is 14.4 Å². The first-order valence-electron chi connectivity index (χ1n) is 13.3. The predicted molar refractivity (Wildman–Crippen MR) is 161 cm³/mol. The number of nitrogens with one attached hydrogen (secondary N) is 1. The fourth-order valence-corrected chi connectivity index (χ4v) is 5.72. The Bertz CT molecular complexity index is 1560. The molecule has 0 aromatic heterocycles. The van der Waals surface area contributed by atoms with E-state index in [9.17, 15) is 18.4 Å². The van der Waals surface area contributed by atoms with Gasteiger partial charge in [0.05, 0.1) is 35.0 Å². The number of amides is 2. The van der Waals surface area contributed by atoms with Crippen LogP contribution in [0.1, 0.15) is 11.6 Å². The van der Waals surface area contributed by atoms with Crippen LogP contribution in [0.2, 0.25) is 10.0 Å². The number of fused-ring (bicyclic) bond motifs is 1. The molecular weight excluding hydrogens is 622 g/mol. The van der Waals surface area contributed by atoms with Gasteiger partial charge in [-0.1, -0.05) is 47.5 Å². The third-order valence-corrected chi connectivity index (χ3v) is 8.51. The molecule has 0 radical (unpaired) electrons. The van der Waals surface area contributed by atoms with Gasteiger partial charge in [-0.3, -0.25) is 23.6 Å². The lowest BCUT2D eigenvalue weighted by molar-refractivity contribution is -0.133. The summed E-state index contributed by atoms with van der Waals surface area (Å²) in [6.07, 6.45) is 0. The van der Waals surface area contributed by atoms with Gasteiger partial charge in [-0.25, -0.2) is 4.39 Å². The van der Waals surface area contributed by atoms with Crippen LogP contribution in [0.3, 0.4) is 0 Å². The minimum Gasteiger partial charge on any atom is -0.755 e. The van der Waals surface area contributed by atoms with Gasteiger partial charge in [-0.15, -0.1) is 0 Å². The molecular formula is C29H28Cl2FN4O6S-. The van der Waals surface area contributed by atoms with Gasteiger partial charge in [-0.2, -0.15) is 0 Å². The van der Waals surface area contributed by atoms with Crippen molar-refractivity contribution in [2.45, 2.75) is 6.04 Å². The SMILES string of the molecule is CN(C(=O)CN1C(=O)COc2cc(Cl)c(Cl)cc21)C(CN1CCOCC1)c1ccc(-c2cccc(NS(=O)[O-])c2)c(F)c1. The number of benzene rings is 3. The zero-order chi connectivity index (χ0) is 30.7. The predicted octanol–water partition coefficient (Wildman–Crippen LogP) is 4.26. The van der Waals surface area contributed by atoms with Gasteiger partial charge in [0.1, 0.15) is 18.1 Å². The number of morpholine rings is 1. The van der Waals surface area contributed by atoms with E-state index >= 15 is 4.39 Å². The molecule has 1 saturated heterocycles. The molecule has 1 fully saturated rings. The van der Waals surface area contributed by atoms with Crippen molar-refractivity contribution in [3.8, 4) is 16.9 Å². The van der Waals surface area contributed by atoms with Crippen LogP contribution in [0.15, 0.2) is 54.6 Å². The largest absolute Gasteiger partial charge is 0.755 e. The molecule has 0 saturated carbocycles. The molecule has 3 aromatic rings. The highest BCUT2D eigenvalue weighted by Gasteiger charge is 2.32. The molecule has 14 heteroatoms. The lowest BCUT2D eigenvalue weighted by Crippen LogP contribution is -2.48. The molecule has 228 valence electrons. The van der Waals surface area contributed by atoms with Gasteiger partial charge in [0, 0.05) is 55.3 Å². The molecule has 2 amide bonds. The topological polar surface area (TPSA) is 114 Å². The Morgan fingerprint density at radius 3 is 2.60 bits per heavy atom. The minimum absolute atomic E-state index is 0.216. The number of halogens is 3. The highest BCUT2D eigenvalue weighted by Crippen LogP contribution is 2.39. The molecule has 0 bridgehead atoms. The molecule has 2 aliphatic heterocycles. The van der Waals surface area contributed by atoms with Crippen LogP contribution in [-0.2, 0) is 25.6 Å². The molecule has 3 aromatic carbocycles. The first-order valence-corrected chi connectivity index (χ1v) is 15.2. The monoisotopic (exact) mass is 649 g/mol. The van der Waals surface area contributed by atoms with Crippen molar-refractivity contribution in [1.82, 2.24) is 9.80 Å². The lowest BCUT2D eigenvalue weighted by Gasteiger charge is -2.37. The second-order valence-electron chi connectivity index (χ2n) is 10.1. The van der Waals surface area contributed by atoms with E-state index in [0.717, 1.165) is 0 Å². The van der Waals surface area contributed by atoms with Crippen molar-refractivity contribution in [3.05, 3.63) is 76.0 Å². The van der Waals surface area contributed by atoms with Crippen molar-refractivity contribution in [2.24, 2.45) is 0 Å². The van der Waals surface area contributed by atoms with E-state index in [0.29, 0.717) is 61.1 Å². The summed E-state index contributed by atoms with van der Waals surface area (Å²) in [5, 5.41) is 0.477. The first-order chi connectivity index (χ1) is 20.6. The van der Waals surface area contributed by atoms with Crippen molar-refractivity contribution in [2.75, 3.05) is 62.7 Å². The quantitative estimate of drug-likeness (QED) is 0.345. The van der Waals surface area contributed by atoms with E-state index in [-0.39, 0.29) is 34.7 Å². The number of ether oxygens (including phenoxy) is 2. The Labute approximate surface area is 260 Å². The average molecular weight is 651 g/mol. The van der Waals surface area contributed by atoms with Gasteiger partial charge in [-0.05, 0) is 35.4 Å². The van der Waals surface area contributed by atoms with E-state index in [1.165, 1.54) is 34.1 Å². The molecule has 5 rings (SSSR count). The molecule has 43 heavy (non-hydrogen) atoms. The number of likely N-dealkylation sites (N-methyl/N-ethyl adjacent to an activating group) is 1. The average Bonchev–Trinajstić information content (AvgIpc) is 2.98. The Kier molecular flexibility index (Phi) is 9.85. The maximum absolute atomic E-state index is 15.6. The molecule has 2 atom stereocenters. The molecule has 2 aliphatic rings. The number of hydrogen-bond acceptors (Lipinski definition) is 7. The van der Waals surface area contributed by atoms with Crippen molar-refractivity contribution in [1.29, 1.82) is 0 Å². The standard InChI is InChI=1S/C29H29Cl2FN4O6S/c1-34(28(37)16-36-25-13-22(30)23(31)14-27(25)42-17-29(36)38)26(15-35-7-9-41-10-8-35)19-5-6-21(24(32)12-19)18-3-2-4-20(11-18)33-43(39)40/h2-6,11-14,26,33H,7-10,15-17H2,1H3,(H,39,40)/p-1. The molecule has 0 spiro atoms. The fourth-order valence-electron chi connectivity index (χ4n) is 5.09. The summed E-state index contributed by atoms with van der Waals surface area (Å²) in [4.78, 5) is 31.5. The third kappa shape index (κ3) is 7.28. The van der Waals surface area contributed by atoms with Gasteiger partial charge < -0.3 is 23.6 Å². The van der Waals surface area contributed by atoms with Crippen molar-refractivity contribution < 1.29 is 32.2 Å². The van der Waals surface area contributed by atoms with Crippen LogP contribution in [0.5, 0.6) is 5.75 Å². The van der Waals surface area contributed by atoms with Crippen LogP contribution in [0.4, 0.5) is 15.8 Å². The minimum atomic E-state index is -2.52. The molecule has 2 heterocycles. The summed E-state index contributed by atoms with van der Waals surface area (Å²) in [6, 6.07) is 13.6. The maximum atomic E-state index is 15.6. The normalized spacial score (nSPS) is 16.7. The summed E-state index contributed by atoms with van der Waals surface area (Å²) in [7, 11) is 1.62. The van der Waals surface area contributed by atoms with E-state index in [2.05, 4.69) is 9.62 Å². The Morgan fingerprint density at radius 1 is 1.14 bits per heavy atom. The number of carbonyl (C=O) groups is 2.